The molecule has 0 aliphatic carbocycles. The first kappa shape index (κ1) is 40.9. The van der Waals surface area contributed by atoms with Crippen molar-refractivity contribution < 1.29 is 13.3 Å². The summed E-state index contributed by atoms with van der Waals surface area (Å²) in [6, 6.07) is 59.9. The molecule has 0 atom stereocenters. The van der Waals surface area contributed by atoms with Gasteiger partial charge in [-0.2, -0.15) is 0 Å². The SMILES string of the molecule is [2H]C([2H])([2H])c1ccc(-c2ccnc(-c3cc(-c4ccccc4)cc(-c4cccc5c4nc(-c4cc(C(C)(C)C)cc(C(C)(C)C)c4O)n5-c4ccc(-c5c(-c6ccccc6)cccc5C(C)(C)C)cc4C([2H])([2H])[2H])c3)c2)cc1. The summed E-state index contributed by atoms with van der Waals surface area (Å²) in [4.78, 5) is 10.5. The molecule has 72 heavy (non-hydrogen) atoms. The van der Waals surface area contributed by atoms with Gasteiger partial charge in [0.05, 0.1) is 28.0 Å². The molecule has 0 bridgehead atoms. The molecule has 0 aliphatic rings. The van der Waals surface area contributed by atoms with Crippen LogP contribution in [0.25, 0.3) is 95.0 Å². The Bertz CT molecular complexity index is 3870. The largest absolute Gasteiger partial charge is 0.507 e. The van der Waals surface area contributed by atoms with Crippen LogP contribution in [-0.2, 0) is 16.2 Å². The maximum Gasteiger partial charge on any atom is 0.149 e. The molecule has 0 aliphatic heterocycles. The van der Waals surface area contributed by atoms with Crippen molar-refractivity contribution in [2.24, 2.45) is 0 Å². The predicted molar refractivity (Wildman–Crippen MR) is 304 cm³/mol. The van der Waals surface area contributed by atoms with Gasteiger partial charge in [-0.05, 0) is 151 Å². The number of hydrogen-bond acceptors (Lipinski definition) is 3. The van der Waals surface area contributed by atoms with Crippen LogP contribution in [0.3, 0.4) is 0 Å². The molecule has 1 N–H and O–H groups in total. The Balaban J connectivity index is 1.26. The van der Waals surface area contributed by atoms with Crippen molar-refractivity contribution in [2.75, 3.05) is 0 Å². The van der Waals surface area contributed by atoms with Gasteiger partial charge in [-0.15, -0.1) is 0 Å². The smallest absolute Gasteiger partial charge is 0.149 e. The van der Waals surface area contributed by atoms with Crippen molar-refractivity contribution >= 4 is 11.0 Å². The maximum atomic E-state index is 12.7. The van der Waals surface area contributed by atoms with Crippen LogP contribution in [0.2, 0.25) is 0 Å². The fourth-order valence-corrected chi connectivity index (χ4v) is 9.96. The number of imidazole rings is 1. The second kappa shape index (κ2) is 18.4. The van der Waals surface area contributed by atoms with E-state index in [0.717, 1.165) is 77.9 Å². The summed E-state index contributed by atoms with van der Waals surface area (Å²) in [5, 5.41) is 12.7. The van der Waals surface area contributed by atoms with Crippen LogP contribution < -0.4 is 0 Å². The lowest BCUT2D eigenvalue weighted by Crippen LogP contribution is -2.17. The first-order valence-corrected chi connectivity index (χ1v) is 24.8. The molecular weight excluding hydrogens is 875 g/mol. The Labute approximate surface area is 435 Å². The van der Waals surface area contributed by atoms with Gasteiger partial charge in [0.2, 0.25) is 0 Å². The lowest BCUT2D eigenvalue weighted by molar-refractivity contribution is 0.446. The number of pyridine rings is 1. The summed E-state index contributed by atoms with van der Waals surface area (Å²) in [5.41, 5.74) is 15.1. The quantitative estimate of drug-likeness (QED) is 0.165. The highest BCUT2D eigenvalue weighted by Crippen LogP contribution is 2.47. The number of benzene rings is 8. The summed E-state index contributed by atoms with van der Waals surface area (Å²) in [7, 11) is 0. The van der Waals surface area contributed by atoms with E-state index in [9.17, 15) is 9.22 Å². The zero-order chi connectivity index (χ0) is 55.7. The van der Waals surface area contributed by atoms with Crippen molar-refractivity contribution in [3.8, 4) is 89.7 Å². The Hall–Kier alpha value is -7.82. The van der Waals surface area contributed by atoms with Gasteiger partial charge in [-0.1, -0.05) is 195 Å². The van der Waals surface area contributed by atoms with Gasteiger partial charge in [0, 0.05) is 31.1 Å². The number of rotatable bonds is 8. The molecule has 10 aromatic rings. The highest BCUT2D eigenvalue weighted by molar-refractivity contribution is 5.98. The van der Waals surface area contributed by atoms with E-state index in [1.165, 1.54) is 0 Å². The van der Waals surface area contributed by atoms with Gasteiger partial charge >= 0.3 is 0 Å². The van der Waals surface area contributed by atoms with Crippen molar-refractivity contribution in [2.45, 2.75) is 92.3 Å². The number of phenols is 1. The summed E-state index contributed by atoms with van der Waals surface area (Å²) >= 11 is 0. The molecule has 0 amide bonds. The van der Waals surface area contributed by atoms with Crippen molar-refractivity contribution in [3.05, 3.63) is 216 Å². The Morgan fingerprint density at radius 3 is 1.78 bits per heavy atom. The minimum Gasteiger partial charge on any atom is -0.507 e. The Kier molecular flexibility index (Phi) is 10.5. The van der Waals surface area contributed by atoms with E-state index in [2.05, 4.69) is 129 Å². The number of para-hydroxylation sites is 1. The van der Waals surface area contributed by atoms with E-state index in [1.807, 2.05) is 108 Å². The molecule has 0 spiro atoms. The van der Waals surface area contributed by atoms with Crippen LogP contribution in [0.4, 0.5) is 0 Å². The van der Waals surface area contributed by atoms with Crippen LogP contribution in [0, 0.1) is 13.7 Å². The third-order valence-electron chi connectivity index (χ3n) is 13.8. The third kappa shape index (κ3) is 9.19. The Morgan fingerprint density at radius 2 is 1.10 bits per heavy atom. The fraction of sp³-hybridized carbons (Fsp3) is 0.206. The molecule has 2 heterocycles. The second-order valence-electron chi connectivity index (χ2n) is 22.1. The van der Waals surface area contributed by atoms with E-state index in [4.69, 9.17) is 14.1 Å². The topological polar surface area (TPSA) is 50.9 Å². The first-order chi connectivity index (χ1) is 36.8. The van der Waals surface area contributed by atoms with Crippen molar-refractivity contribution in [1.82, 2.24) is 14.5 Å². The monoisotopic (exact) mass is 946 g/mol. The molecule has 0 unspecified atom stereocenters. The average molecular weight is 946 g/mol. The molecule has 8 aromatic carbocycles. The van der Waals surface area contributed by atoms with Crippen molar-refractivity contribution in [3.63, 3.8) is 0 Å². The van der Waals surface area contributed by atoms with Crippen LogP contribution in [0.15, 0.2) is 188 Å². The third-order valence-corrected chi connectivity index (χ3v) is 13.8. The van der Waals surface area contributed by atoms with Crippen LogP contribution in [-0.4, -0.2) is 19.6 Å². The van der Waals surface area contributed by atoms with Crippen LogP contribution >= 0.6 is 0 Å². The molecule has 0 saturated carbocycles. The summed E-state index contributed by atoms with van der Waals surface area (Å²) in [6.45, 7) is 14.5. The fourth-order valence-electron chi connectivity index (χ4n) is 9.96. The molecule has 2 aromatic heterocycles. The van der Waals surface area contributed by atoms with Gasteiger partial charge in [0.25, 0.3) is 0 Å². The molecule has 0 fully saturated rings. The number of aromatic hydroxyl groups is 1. The van der Waals surface area contributed by atoms with Gasteiger partial charge in [-0.3, -0.25) is 9.55 Å². The van der Waals surface area contributed by atoms with Gasteiger partial charge < -0.3 is 5.11 Å². The minimum absolute atomic E-state index is 0.0830. The highest BCUT2D eigenvalue weighted by Gasteiger charge is 2.30. The van der Waals surface area contributed by atoms with Crippen LogP contribution in [0.5, 0.6) is 5.75 Å². The summed E-state index contributed by atoms with van der Waals surface area (Å²) in [6.07, 6.45) is 1.77. The number of hydrogen-bond donors (Lipinski definition) is 1. The van der Waals surface area contributed by atoms with Crippen molar-refractivity contribution in [1.29, 1.82) is 0 Å². The standard InChI is InChI=1S/C68H65N3O/c1-43-28-30-46(31-29-43)48-34-35-69-59(40-48)52-38-50(45-20-14-12-15-21-45)37-51(39-52)55-25-19-27-61-63(55)70-65(56-41-53(66(3,4)5)42-58(64(56)72)68(9,10)11)71(61)60-33-32-49(36-44(60)2)62-54(47-22-16-13-17-23-47)24-18-26-57(62)67(6,7)8/h12-42,72H,1-11H3/i1D3,2D3. The van der Waals surface area contributed by atoms with Gasteiger partial charge in [0.1, 0.15) is 11.6 Å². The van der Waals surface area contributed by atoms with E-state index in [-0.39, 0.29) is 27.7 Å². The molecule has 4 nitrogen and oxygen atoms in total. The lowest BCUT2D eigenvalue weighted by atomic mass is 9.78. The minimum atomic E-state index is -2.59. The summed E-state index contributed by atoms with van der Waals surface area (Å²) < 4.78 is 53.7. The molecule has 0 radical (unpaired) electrons. The van der Waals surface area contributed by atoms with E-state index >= 15 is 0 Å². The predicted octanol–water partition coefficient (Wildman–Crippen LogP) is 18.3. The van der Waals surface area contributed by atoms with E-state index < -0.39 is 19.1 Å². The average Bonchev–Trinajstić information content (AvgIpc) is 3.93. The molecular formula is C68H65N3O. The highest BCUT2D eigenvalue weighted by atomic mass is 16.3. The maximum absolute atomic E-state index is 12.7. The van der Waals surface area contributed by atoms with Gasteiger partial charge in [-0.25, -0.2) is 4.98 Å². The molecule has 4 heteroatoms. The number of aromatic nitrogens is 3. The number of nitrogens with zero attached hydrogens (tertiary/aromatic N) is 3. The molecule has 10 rings (SSSR count). The zero-order valence-corrected chi connectivity index (χ0v) is 42.7. The van der Waals surface area contributed by atoms with E-state index in [1.54, 1.807) is 18.3 Å². The first-order valence-electron chi connectivity index (χ1n) is 27.8. The number of phenolic OH excluding ortho intramolecular Hbond substituents is 1. The molecule has 358 valence electrons. The second-order valence-corrected chi connectivity index (χ2v) is 22.1. The Morgan fingerprint density at radius 1 is 0.458 bits per heavy atom. The lowest BCUT2D eigenvalue weighted by Gasteiger charge is -2.28. The zero-order valence-electron chi connectivity index (χ0n) is 48.7. The molecule has 0 saturated heterocycles. The number of aryl methyl sites for hydroxylation is 2. The number of fused-ring (bicyclic) bond motifs is 1. The van der Waals surface area contributed by atoms with Crippen LogP contribution in [0.1, 0.15) is 98.4 Å². The summed E-state index contributed by atoms with van der Waals surface area (Å²) in [5.74, 6) is 0.489. The van der Waals surface area contributed by atoms with E-state index in [0.29, 0.717) is 33.8 Å². The van der Waals surface area contributed by atoms with Gasteiger partial charge in [0.15, 0.2) is 0 Å². The normalized spacial score (nSPS) is 13.7.